The second-order valence-corrected chi connectivity index (χ2v) is 8.50. The van der Waals surface area contributed by atoms with Crippen molar-refractivity contribution in [1.82, 2.24) is 15.2 Å². The molecule has 0 aliphatic carbocycles. The smallest absolute Gasteiger partial charge is 0.264 e. The number of nitrogens with one attached hydrogen (secondary N) is 1. The van der Waals surface area contributed by atoms with Gasteiger partial charge in [-0.05, 0) is 30.3 Å². The molecule has 3 heterocycles. The molecule has 0 radical (unpaired) electrons. The van der Waals surface area contributed by atoms with Crippen molar-refractivity contribution in [3.8, 4) is 11.5 Å². The van der Waals surface area contributed by atoms with Crippen molar-refractivity contribution in [3.05, 3.63) is 83.2 Å². The zero-order chi connectivity index (χ0) is 25.2. The van der Waals surface area contributed by atoms with Gasteiger partial charge in [0, 0.05) is 43.4 Å². The number of methoxy groups -OCH3 is 2. The van der Waals surface area contributed by atoms with Crippen molar-refractivity contribution < 1.29 is 23.9 Å². The Morgan fingerprint density at radius 1 is 1.00 bits per heavy atom. The number of anilines is 1. The Bertz CT molecular complexity index is 1330. The number of carbonyl (C=O) groups excluding carboxylic acids is 3. The Kier molecular flexibility index (Phi) is 6.28. The molecule has 1 N–H and O–H groups in total. The minimum absolute atomic E-state index is 0.0945. The molecule has 2 aliphatic rings. The van der Waals surface area contributed by atoms with Crippen LogP contribution < -0.4 is 19.7 Å². The molecule has 2 aromatic carbocycles. The lowest BCUT2D eigenvalue weighted by atomic mass is 10.0. The van der Waals surface area contributed by atoms with Crippen molar-refractivity contribution >= 4 is 23.4 Å². The summed E-state index contributed by atoms with van der Waals surface area (Å²) in [6.07, 6.45) is 1.74. The third-order valence-corrected chi connectivity index (χ3v) is 6.49. The van der Waals surface area contributed by atoms with Gasteiger partial charge in [-0.2, -0.15) is 0 Å². The first-order valence-electron chi connectivity index (χ1n) is 11.7. The Morgan fingerprint density at radius 3 is 2.56 bits per heavy atom. The number of carbonyl (C=O) groups is 3. The molecule has 1 atom stereocenters. The summed E-state index contributed by atoms with van der Waals surface area (Å²) in [5.41, 5.74) is 2.83. The highest BCUT2D eigenvalue weighted by Gasteiger charge is 2.49. The molecule has 0 unspecified atom stereocenters. The standard InChI is InChI=1S/C27H26N4O5/c1-35-21-11-10-19-23(24(21)36-2)27(34)31-20-9-4-3-8-18(20)26(33)30(25(19)31)16-13-22(32)29-15-12-17-7-5-6-14-28-17/h3-11,14,25H,12-13,15-16H2,1-2H3,(H,29,32)/t25-/m1/s1. The van der Waals surface area contributed by atoms with Gasteiger partial charge in [0.15, 0.2) is 11.5 Å². The Balaban J connectivity index is 1.41. The number of nitrogens with zero attached hydrogens (tertiary/aromatic N) is 3. The van der Waals surface area contributed by atoms with Crippen LogP contribution in [0, 0.1) is 0 Å². The molecule has 9 nitrogen and oxygen atoms in total. The highest BCUT2D eigenvalue weighted by molar-refractivity contribution is 6.18. The maximum Gasteiger partial charge on any atom is 0.264 e. The number of pyridine rings is 1. The summed E-state index contributed by atoms with van der Waals surface area (Å²) in [5.74, 6) is 0.0644. The van der Waals surface area contributed by atoms with E-state index in [1.807, 2.05) is 18.2 Å². The first-order chi connectivity index (χ1) is 17.5. The monoisotopic (exact) mass is 486 g/mol. The summed E-state index contributed by atoms with van der Waals surface area (Å²) in [6, 6.07) is 16.2. The van der Waals surface area contributed by atoms with E-state index in [0.29, 0.717) is 46.8 Å². The van der Waals surface area contributed by atoms with Crippen LogP contribution >= 0.6 is 0 Å². The molecule has 5 rings (SSSR count). The van der Waals surface area contributed by atoms with E-state index in [-0.39, 0.29) is 30.7 Å². The van der Waals surface area contributed by atoms with Gasteiger partial charge < -0.3 is 19.7 Å². The van der Waals surface area contributed by atoms with E-state index in [0.717, 1.165) is 5.69 Å². The Hall–Kier alpha value is -4.40. The lowest BCUT2D eigenvalue weighted by molar-refractivity contribution is -0.121. The van der Waals surface area contributed by atoms with Crippen LogP contribution in [0.15, 0.2) is 60.8 Å². The normalized spacial score (nSPS) is 15.8. The summed E-state index contributed by atoms with van der Waals surface area (Å²) < 4.78 is 10.9. The number of aromatic nitrogens is 1. The number of amides is 3. The summed E-state index contributed by atoms with van der Waals surface area (Å²) in [6.45, 7) is 0.589. The third-order valence-electron chi connectivity index (χ3n) is 6.49. The quantitative estimate of drug-likeness (QED) is 0.525. The molecule has 184 valence electrons. The van der Waals surface area contributed by atoms with E-state index < -0.39 is 6.17 Å². The van der Waals surface area contributed by atoms with E-state index in [1.165, 1.54) is 14.2 Å². The summed E-state index contributed by atoms with van der Waals surface area (Å²) in [4.78, 5) is 47.3. The maximum atomic E-state index is 13.7. The van der Waals surface area contributed by atoms with Gasteiger partial charge in [-0.15, -0.1) is 0 Å². The van der Waals surface area contributed by atoms with Crippen LogP contribution in [0.5, 0.6) is 11.5 Å². The molecule has 2 aliphatic heterocycles. The van der Waals surface area contributed by atoms with Crippen molar-refractivity contribution in [2.75, 3.05) is 32.2 Å². The topological polar surface area (TPSA) is 101 Å². The van der Waals surface area contributed by atoms with Crippen LogP contribution in [0.3, 0.4) is 0 Å². The largest absolute Gasteiger partial charge is 0.493 e. The number of benzene rings is 2. The molecule has 0 spiro atoms. The molecule has 1 aromatic heterocycles. The SMILES string of the molecule is COc1ccc2c(c1OC)C(=O)N1c3ccccc3C(=O)N(CCC(=O)NCCc3ccccn3)[C@@H]21. The van der Waals surface area contributed by atoms with Gasteiger partial charge in [-0.3, -0.25) is 24.3 Å². The molecular formula is C27H26N4O5. The van der Waals surface area contributed by atoms with Crippen molar-refractivity contribution in [2.45, 2.75) is 19.0 Å². The Labute approximate surface area is 208 Å². The van der Waals surface area contributed by atoms with Crippen molar-refractivity contribution in [2.24, 2.45) is 0 Å². The number of fused-ring (bicyclic) bond motifs is 5. The molecule has 9 heteroatoms. The summed E-state index contributed by atoms with van der Waals surface area (Å²) >= 11 is 0. The summed E-state index contributed by atoms with van der Waals surface area (Å²) in [7, 11) is 2.99. The first kappa shape index (κ1) is 23.3. The van der Waals surface area contributed by atoms with E-state index in [9.17, 15) is 14.4 Å². The predicted octanol–water partition coefficient (Wildman–Crippen LogP) is 2.96. The lowest BCUT2D eigenvalue weighted by Gasteiger charge is -2.40. The molecule has 0 saturated heterocycles. The molecule has 3 aromatic rings. The van der Waals surface area contributed by atoms with Gasteiger partial charge in [0.2, 0.25) is 5.91 Å². The molecule has 36 heavy (non-hydrogen) atoms. The average molecular weight is 487 g/mol. The summed E-state index contributed by atoms with van der Waals surface area (Å²) in [5, 5.41) is 2.89. The Morgan fingerprint density at radius 2 is 1.81 bits per heavy atom. The van der Waals surface area contributed by atoms with Crippen LogP contribution in [0.25, 0.3) is 0 Å². The zero-order valence-electron chi connectivity index (χ0n) is 20.1. The zero-order valence-corrected chi connectivity index (χ0v) is 20.1. The van der Waals surface area contributed by atoms with E-state index in [1.54, 1.807) is 52.4 Å². The molecule has 0 bridgehead atoms. The minimum atomic E-state index is -0.684. The maximum absolute atomic E-state index is 13.7. The average Bonchev–Trinajstić information content (AvgIpc) is 3.21. The number of para-hydroxylation sites is 1. The number of rotatable bonds is 8. The van der Waals surface area contributed by atoms with Gasteiger partial charge >= 0.3 is 0 Å². The number of hydrogen-bond donors (Lipinski definition) is 1. The lowest BCUT2D eigenvalue weighted by Crippen LogP contribution is -2.49. The van der Waals surface area contributed by atoms with Crippen LogP contribution in [0.2, 0.25) is 0 Å². The van der Waals surface area contributed by atoms with Gasteiger partial charge in [0.1, 0.15) is 6.17 Å². The predicted molar refractivity (Wildman–Crippen MR) is 132 cm³/mol. The molecule has 0 fully saturated rings. The van der Waals surface area contributed by atoms with Gasteiger partial charge in [0.05, 0.1) is 31.0 Å². The first-order valence-corrected chi connectivity index (χ1v) is 11.7. The fourth-order valence-electron chi connectivity index (χ4n) is 4.84. The van der Waals surface area contributed by atoms with Crippen molar-refractivity contribution in [1.29, 1.82) is 0 Å². The minimum Gasteiger partial charge on any atom is -0.493 e. The van der Waals surface area contributed by atoms with Gasteiger partial charge in [-0.1, -0.05) is 24.3 Å². The van der Waals surface area contributed by atoms with Crippen LogP contribution in [-0.4, -0.2) is 54.9 Å². The fraction of sp³-hybridized carbons (Fsp3) is 0.259. The fourth-order valence-corrected chi connectivity index (χ4v) is 4.84. The van der Waals surface area contributed by atoms with E-state index in [2.05, 4.69) is 10.3 Å². The molecule has 0 saturated carbocycles. The highest BCUT2D eigenvalue weighted by atomic mass is 16.5. The highest BCUT2D eigenvalue weighted by Crippen LogP contribution is 2.49. The van der Waals surface area contributed by atoms with E-state index in [4.69, 9.17) is 9.47 Å². The number of hydrogen-bond acceptors (Lipinski definition) is 6. The van der Waals surface area contributed by atoms with Gasteiger partial charge in [-0.25, -0.2) is 0 Å². The number of ether oxygens (including phenoxy) is 2. The third kappa shape index (κ3) is 3.92. The van der Waals surface area contributed by atoms with E-state index >= 15 is 0 Å². The van der Waals surface area contributed by atoms with Crippen LogP contribution in [-0.2, 0) is 11.2 Å². The second-order valence-electron chi connectivity index (χ2n) is 8.50. The molecular weight excluding hydrogens is 460 g/mol. The van der Waals surface area contributed by atoms with Crippen molar-refractivity contribution in [3.63, 3.8) is 0 Å². The van der Waals surface area contributed by atoms with Crippen LogP contribution in [0.1, 0.15) is 44.6 Å². The van der Waals surface area contributed by atoms with Gasteiger partial charge in [0.25, 0.3) is 11.8 Å². The second kappa shape index (κ2) is 9.69. The molecule has 3 amide bonds. The van der Waals surface area contributed by atoms with Crippen LogP contribution in [0.4, 0.5) is 5.69 Å².